The van der Waals surface area contributed by atoms with Gasteiger partial charge in [-0.15, -0.1) is 0 Å². The molecule has 53 heavy (non-hydrogen) atoms. The zero-order valence-electron chi connectivity index (χ0n) is 29.3. The normalized spacial score (nSPS) is 11.0. The van der Waals surface area contributed by atoms with Gasteiger partial charge in [0.2, 0.25) is 5.12 Å². The Balaban J connectivity index is 1.43. The number of esters is 4. The van der Waals surface area contributed by atoms with Crippen LogP contribution in [-0.4, -0.2) is 55.4 Å². The van der Waals surface area contributed by atoms with Crippen molar-refractivity contribution in [1.29, 1.82) is 0 Å². The van der Waals surface area contributed by atoms with Gasteiger partial charge in [-0.1, -0.05) is 19.7 Å². The van der Waals surface area contributed by atoms with Crippen molar-refractivity contribution in [3.63, 3.8) is 0 Å². The number of allylic oxidation sites excluding steroid dienone is 4. The summed E-state index contributed by atoms with van der Waals surface area (Å²) in [5, 5.41) is -0.177. The molecule has 3 aromatic rings. The highest BCUT2D eigenvalue weighted by atomic mass is 32.2. The maximum absolute atomic E-state index is 12.8. The highest BCUT2D eigenvalue weighted by Crippen LogP contribution is 2.25. The SMILES string of the molecule is C=CC(=O)OCCCCOc1ccc(C(=O)Sc2ccc(C(=O)O/C(C)=C/C=C(\C=C)OC(=O)c3ccc(OCCCOC(=O)C=C)cc3)cc2)cc1. The van der Waals surface area contributed by atoms with Crippen molar-refractivity contribution in [3.05, 3.63) is 151 Å². The fourth-order valence-electron chi connectivity index (χ4n) is 4.05. The van der Waals surface area contributed by atoms with Crippen molar-refractivity contribution >= 4 is 40.8 Å². The molecule has 0 atom stereocenters. The molecule has 0 aliphatic rings. The third-order valence-electron chi connectivity index (χ3n) is 6.82. The van der Waals surface area contributed by atoms with Gasteiger partial charge >= 0.3 is 23.9 Å². The van der Waals surface area contributed by atoms with E-state index in [4.69, 9.17) is 28.4 Å². The number of carbonyl (C=O) groups is 5. The average Bonchev–Trinajstić information content (AvgIpc) is 3.17. The fourth-order valence-corrected chi connectivity index (χ4v) is 4.79. The third-order valence-corrected chi connectivity index (χ3v) is 7.74. The van der Waals surface area contributed by atoms with Crippen molar-refractivity contribution in [1.82, 2.24) is 0 Å². The Morgan fingerprint density at radius 1 is 0.566 bits per heavy atom. The lowest BCUT2D eigenvalue weighted by molar-refractivity contribution is -0.138. The molecule has 0 aliphatic carbocycles. The Bertz CT molecular complexity index is 1810. The molecule has 0 amide bonds. The minimum absolute atomic E-state index is 0.133. The van der Waals surface area contributed by atoms with Crippen LogP contribution < -0.4 is 9.47 Å². The molecule has 0 radical (unpaired) electrons. The van der Waals surface area contributed by atoms with Gasteiger partial charge in [0.1, 0.15) is 23.0 Å². The van der Waals surface area contributed by atoms with Crippen LogP contribution in [0.5, 0.6) is 11.5 Å². The molecule has 0 saturated carbocycles. The second kappa shape index (κ2) is 22.6. The summed E-state index contributed by atoms with van der Waals surface area (Å²) in [5.41, 5.74) is 1.04. The third kappa shape index (κ3) is 15.3. The molecule has 0 aliphatic heterocycles. The molecule has 0 spiro atoms. The minimum Gasteiger partial charge on any atom is -0.494 e. The van der Waals surface area contributed by atoms with Crippen LogP contribution in [0.15, 0.2) is 139 Å². The smallest absolute Gasteiger partial charge is 0.343 e. The van der Waals surface area contributed by atoms with E-state index in [0.717, 1.165) is 23.9 Å². The van der Waals surface area contributed by atoms with Crippen molar-refractivity contribution in [2.75, 3.05) is 26.4 Å². The molecule has 0 unspecified atom stereocenters. The Labute approximate surface area is 312 Å². The summed E-state index contributed by atoms with van der Waals surface area (Å²) < 4.78 is 31.9. The minimum atomic E-state index is -0.626. The largest absolute Gasteiger partial charge is 0.494 e. The Morgan fingerprint density at radius 3 is 1.58 bits per heavy atom. The first-order valence-electron chi connectivity index (χ1n) is 16.4. The van der Waals surface area contributed by atoms with Gasteiger partial charge in [0.25, 0.3) is 0 Å². The van der Waals surface area contributed by atoms with Gasteiger partial charge in [-0.3, -0.25) is 4.79 Å². The Kier molecular flexibility index (Phi) is 17.6. The average molecular weight is 741 g/mol. The maximum Gasteiger partial charge on any atom is 0.343 e. The zero-order chi connectivity index (χ0) is 38.4. The molecular weight excluding hydrogens is 701 g/mol. The van der Waals surface area contributed by atoms with Gasteiger partial charge < -0.3 is 28.4 Å². The van der Waals surface area contributed by atoms with E-state index in [0.29, 0.717) is 61.0 Å². The monoisotopic (exact) mass is 740 g/mol. The topological polar surface area (TPSA) is 141 Å². The van der Waals surface area contributed by atoms with Gasteiger partial charge in [-0.05, 0) is 123 Å². The van der Waals surface area contributed by atoms with Crippen molar-refractivity contribution in [2.24, 2.45) is 0 Å². The van der Waals surface area contributed by atoms with E-state index in [9.17, 15) is 24.0 Å². The lowest BCUT2D eigenvalue weighted by atomic mass is 10.2. The molecule has 11 nitrogen and oxygen atoms in total. The van der Waals surface area contributed by atoms with Crippen LogP contribution in [0.3, 0.4) is 0 Å². The predicted molar refractivity (Wildman–Crippen MR) is 200 cm³/mol. The first-order valence-corrected chi connectivity index (χ1v) is 17.2. The first kappa shape index (κ1) is 41.3. The van der Waals surface area contributed by atoms with Crippen LogP contribution >= 0.6 is 11.8 Å². The summed E-state index contributed by atoms with van der Waals surface area (Å²) in [4.78, 5) is 60.9. The van der Waals surface area contributed by atoms with Crippen molar-refractivity contribution < 1.29 is 52.4 Å². The number of ether oxygens (including phenoxy) is 6. The van der Waals surface area contributed by atoms with Gasteiger partial charge in [0.05, 0.1) is 37.6 Å². The standard InChI is InChI=1S/C41H40O11S/c1-5-33(52-40(45)30-12-19-34(20-13-30)48-27-10-28-50-38(43)7-3)18-11-29(4)51-39(44)31-16-23-36(24-17-31)53-41(46)32-14-21-35(22-15-32)47-25-8-9-26-49-37(42)6-2/h5-7,11-24H,1-3,8-10,25-28H2,4H3/b29-11+,33-18+. The number of carbonyl (C=O) groups excluding carboxylic acids is 5. The molecule has 276 valence electrons. The molecule has 0 fully saturated rings. The van der Waals surface area contributed by atoms with E-state index in [1.807, 2.05) is 0 Å². The molecule has 0 bridgehead atoms. The first-order chi connectivity index (χ1) is 25.6. The van der Waals surface area contributed by atoms with Gasteiger partial charge in [-0.2, -0.15) is 0 Å². The maximum atomic E-state index is 12.8. The van der Waals surface area contributed by atoms with Gasteiger partial charge in [-0.25, -0.2) is 19.2 Å². The van der Waals surface area contributed by atoms with Gasteiger partial charge in [0.15, 0.2) is 0 Å². The predicted octanol–water partition coefficient (Wildman–Crippen LogP) is 7.99. The van der Waals surface area contributed by atoms with Crippen LogP contribution in [0.4, 0.5) is 0 Å². The molecule has 0 saturated heterocycles. The van der Waals surface area contributed by atoms with E-state index in [-0.39, 0.29) is 34.4 Å². The van der Waals surface area contributed by atoms with E-state index >= 15 is 0 Å². The summed E-state index contributed by atoms with van der Waals surface area (Å²) in [7, 11) is 0. The quantitative estimate of drug-likeness (QED) is 0.0199. The summed E-state index contributed by atoms with van der Waals surface area (Å²) in [6.07, 6.45) is 8.31. The fraction of sp³-hybridized carbons (Fsp3) is 0.195. The molecule has 0 heterocycles. The highest BCUT2D eigenvalue weighted by molar-refractivity contribution is 8.14. The molecule has 3 aromatic carbocycles. The molecule has 0 N–H and O–H groups in total. The van der Waals surface area contributed by atoms with Crippen LogP contribution in [-0.2, 0) is 28.5 Å². The lowest BCUT2D eigenvalue weighted by Gasteiger charge is -2.08. The summed E-state index contributed by atoms with van der Waals surface area (Å²) >= 11 is 1.02. The number of hydrogen-bond acceptors (Lipinski definition) is 12. The van der Waals surface area contributed by atoms with E-state index in [1.54, 1.807) is 79.7 Å². The van der Waals surface area contributed by atoms with Gasteiger partial charge in [0, 0.05) is 29.0 Å². The molecular formula is C41H40O11S. The van der Waals surface area contributed by atoms with Crippen molar-refractivity contribution in [2.45, 2.75) is 31.1 Å². The molecule has 3 rings (SSSR count). The number of benzene rings is 3. The Hall–Kier alpha value is -6.14. The van der Waals surface area contributed by atoms with E-state index < -0.39 is 23.9 Å². The summed E-state index contributed by atoms with van der Waals surface area (Å²) in [6.45, 7) is 13.2. The van der Waals surface area contributed by atoms with Crippen LogP contribution in [0.25, 0.3) is 0 Å². The number of hydrogen-bond donors (Lipinski definition) is 0. The lowest BCUT2D eigenvalue weighted by Crippen LogP contribution is -2.07. The summed E-state index contributed by atoms with van der Waals surface area (Å²) in [6, 6.07) is 19.5. The van der Waals surface area contributed by atoms with Crippen LogP contribution in [0, 0.1) is 0 Å². The zero-order valence-corrected chi connectivity index (χ0v) is 30.1. The van der Waals surface area contributed by atoms with E-state index in [1.165, 1.54) is 18.2 Å². The summed E-state index contributed by atoms with van der Waals surface area (Å²) in [5.74, 6) is -0.667. The van der Waals surface area contributed by atoms with Crippen molar-refractivity contribution in [3.8, 4) is 11.5 Å². The molecule has 12 heteroatoms. The number of unbranched alkanes of at least 4 members (excludes halogenated alkanes) is 1. The second-order valence-corrected chi connectivity index (χ2v) is 11.8. The van der Waals surface area contributed by atoms with E-state index in [2.05, 4.69) is 19.7 Å². The molecule has 0 aromatic heterocycles. The highest BCUT2D eigenvalue weighted by Gasteiger charge is 2.13. The second-order valence-electron chi connectivity index (χ2n) is 10.8. The van der Waals surface area contributed by atoms with Crippen LogP contribution in [0.2, 0.25) is 0 Å². The number of thioether (sulfide) groups is 1. The Morgan fingerprint density at radius 2 is 1.04 bits per heavy atom. The number of rotatable bonds is 21. The van der Waals surface area contributed by atoms with Crippen LogP contribution in [0.1, 0.15) is 57.3 Å².